The first kappa shape index (κ1) is 11.5. The fourth-order valence-electron chi connectivity index (χ4n) is 1.90. The number of rotatable bonds is 1. The molecule has 1 saturated heterocycles. The maximum Gasteiger partial charge on any atom is 0.123 e. The summed E-state index contributed by atoms with van der Waals surface area (Å²) in [6, 6.07) is 6.96. The molecule has 78 valence electrons. The zero-order valence-corrected chi connectivity index (χ0v) is 8.82. The van der Waals surface area contributed by atoms with Crippen LogP contribution in [0, 0.1) is 5.82 Å². The lowest BCUT2D eigenvalue weighted by Crippen LogP contribution is -2.28. The SMILES string of the molecule is Cl.Fc1cccc([C@@H]2CCCNC2)c1. The van der Waals surface area contributed by atoms with Crippen molar-refractivity contribution in [1.82, 2.24) is 5.32 Å². The molecular weight excluding hydrogens is 201 g/mol. The summed E-state index contributed by atoms with van der Waals surface area (Å²) < 4.78 is 12.9. The van der Waals surface area contributed by atoms with Crippen LogP contribution in [-0.2, 0) is 0 Å². The van der Waals surface area contributed by atoms with E-state index in [4.69, 9.17) is 0 Å². The molecule has 0 aromatic heterocycles. The van der Waals surface area contributed by atoms with Gasteiger partial charge in [0.1, 0.15) is 5.82 Å². The summed E-state index contributed by atoms with van der Waals surface area (Å²) in [5, 5.41) is 3.33. The third-order valence-corrected chi connectivity index (χ3v) is 2.62. The number of hydrogen-bond donors (Lipinski definition) is 1. The van der Waals surface area contributed by atoms with E-state index < -0.39 is 0 Å². The molecule has 0 radical (unpaired) electrons. The Labute approximate surface area is 90.1 Å². The third-order valence-electron chi connectivity index (χ3n) is 2.62. The van der Waals surface area contributed by atoms with Crippen molar-refractivity contribution in [3.05, 3.63) is 35.6 Å². The quantitative estimate of drug-likeness (QED) is 0.760. The van der Waals surface area contributed by atoms with Crippen LogP contribution in [0.3, 0.4) is 0 Å². The molecule has 1 heterocycles. The van der Waals surface area contributed by atoms with E-state index in [1.54, 1.807) is 12.1 Å². The van der Waals surface area contributed by atoms with Gasteiger partial charge < -0.3 is 5.32 Å². The zero-order chi connectivity index (χ0) is 9.10. The number of halogens is 2. The number of piperidine rings is 1. The van der Waals surface area contributed by atoms with E-state index in [1.165, 1.54) is 18.9 Å². The molecule has 1 aromatic carbocycles. The highest BCUT2D eigenvalue weighted by molar-refractivity contribution is 5.85. The largest absolute Gasteiger partial charge is 0.316 e. The molecule has 0 saturated carbocycles. The second-order valence-electron chi connectivity index (χ2n) is 3.60. The van der Waals surface area contributed by atoms with Crippen LogP contribution in [0.1, 0.15) is 24.3 Å². The van der Waals surface area contributed by atoms with Crippen molar-refractivity contribution in [3.8, 4) is 0 Å². The van der Waals surface area contributed by atoms with E-state index in [9.17, 15) is 4.39 Å². The van der Waals surface area contributed by atoms with E-state index >= 15 is 0 Å². The number of hydrogen-bond acceptors (Lipinski definition) is 1. The van der Waals surface area contributed by atoms with Crippen molar-refractivity contribution in [1.29, 1.82) is 0 Å². The van der Waals surface area contributed by atoms with Crippen molar-refractivity contribution in [2.24, 2.45) is 0 Å². The van der Waals surface area contributed by atoms with Gasteiger partial charge in [-0.3, -0.25) is 0 Å². The van der Waals surface area contributed by atoms with Crippen molar-refractivity contribution in [2.45, 2.75) is 18.8 Å². The summed E-state index contributed by atoms with van der Waals surface area (Å²) in [7, 11) is 0. The van der Waals surface area contributed by atoms with E-state index in [0.717, 1.165) is 18.7 Å². The molecule has 0 unspecified atom stereocenters. The number of nitrogens with one attached hydrogen (secondary N) is 1. The molecule has 0 spiro atoms. The zero-order valence-electron chi connectivity index (χ0n) is 8.00. The lowest BCUT2D eigenvalue weighted by atomic mass is 9.92. The van der Waals surface area contributed by atoms with Crippen LogP contribution >= 0.6 is 12.4 Å². The summed E-state index contributed by atoms with van der Waals surface area (Å²) >= 11 is 0. The van der Waals surface area contributed by atoms with Crippen LogP contribution in [0.5, 0.6) is 0 Å². The highest BCUT2D eigenvalue weighted by Crippen LogP contribution is 2.23. The molecule has 1 fully saturated rings. The van der Waals surface area contributed by atoms with Gasteiger partial charge in [0.15, 0.2) is 0 Å². The van der Waals surface area contributed by atoms with E-state index in [0.29, 0.717) is 5.92 Å². The Hall–Kier alpha value is -0.600. The molecule has 0 bridgehead atoms. The first-order chi connectivity index (χ1) is 6.36. The Balaban J connectivity index is 0.000000980. The fraction of sp³-hybridized carbons (Fsp3) is 0.455. The third kappa shape index (κ3) is 2.69. The van der Waals surface area contributed by atoms with Gasteiger partial charge in [-0.25, -0.2) is 4.39 Å². The molecule has 2 rings (SSSR count). The standard InChI is InChI=1S/C11H14FN.ClH/c12-11-5-1-3-9(7-11)10-4-2-6-13-8-10;/h1,3,5,7,10,13H,2,4,6,8H2;1H/t10-;/m1./s1. The average Bonchev–Trinajstić information content (AvgIpc) is 2.19. The van der Waals surface area contributed by atoms with Crippen LogP contribution in [0.2, 0.25) is 0 Å². The monoisotopic (exact) mass is 215 g/mol. The lowest BCUT2D eigenvalue weighted by molar-refractivity contribution is 0.460. The van der Waals surface area contributed by atoms with Gasteiger partial charge in [0.05, 0.1) is 0 Å². The van der Waals surface area contributed by atoms with E-state index in [1.807, 2.05) is 6.07 Å². The molecule has 3 heteroatoms. The molecule has 0 amide bonds. The van der Waals surface area contributed by atoms with Gasteiger partial charge in [-0.05, 0) is 43.0 Å². The molecule has 1 N–H and O–H groups in total. The minimum absolute atomic E-state index is 0. The summed E-state index contributed by atoms with van der Waals surface area (Å²) in [6.45, 7) is 2.09. The lowest BCUT2D eigenvalue weighted by Gasteiger charge is -2.22. The van der Waals surface area contributed by atoms with Gasteiger partial charge in [-0.1, -0.05) is 12.1 Å². The summed E-state index contributed by atoms with van der Waals surface area (Å²) in [4.78, 5) is 0. The predicted molar refractivity (Wildman–Crippen MR) is 58.5 cm³/mol. The summed E-state index contributed by atoms with van der Waals surface area (Å²) in [6.07, 6.45) is 2.37. The summed E-state index contributed by atoms with van der Waals surface area (Å²) in [5.41, 5.74) is 1.13. The van der Waals surface area contributed by atoms with Crippen LogP contribution < -0.4 is 5.32 Å². The van der Waals surface area contributed by atoms with Crippen LogP contribution in [0.25, 0.3) is 0 Å². The van der Waals surface area contributed by atoms with Crippen LogP contribution in [-0.4, -0.2) is 13.1 Å². The Morgan fingerprint density at radius 2 is 2.21 bits per heavy atom. The van der Waals surface area contributed by atoms with Crippen LogP contribution in [0.4, 0.5) is 4.39 Å². The highest BCUT2D eigenvalue weighted by atomic mass is 35.5. The average molecular weight is 216 g/mol. The van der Waals surface area contributed by atoms with Gasteiger partial charge >= 0.3 is 0 Å². The van der Waals surface area contributed by atoms with Crippen molar-refractivity contribution in [2.75, 3.05) is 13.1 Å². The molecule has 1 aliphatic rings. The summed E-state index contributed by atoms with van der Waals surface area (Å²) in [5.74, 6) is 0.382. The van der Waals surface area contributed by atoms with Crippen LogP contribution in [0.15, 0.2) is 24.3 Å². The smallest absolute Gasteiger partial charge is 0.123 e. The van der Waals surface area contributed by atoms with E-state index in [2.05, 4.69) is 5.32 Å². The van der Waals surface area contributed by atoms with E-state index in [-0.39, 0.29) is 18.2 Å². The van der Waals surface area contributed by atoms with Crippen molar-refractivity contribution < 1.29 is 4.39 Å². The Morgan fingerprint density at radius 1 is 1.36 bits per heavy atom. The van der Waals surface area contributed by atoms with Gasteiger partial charge in [0.2, 0.25) is 0 Å². The topological polar surface area (TPSA) is 12.0 Å². The maximum absolute atomic E-state index is 12.9. The molecule has 1 nitrogen and oxygen atoms in total. The molecule has 1 aliphatic heterocycles. The first-order valence-corrected chi connectivity index (χ1v) is 4.82. The van der Waals surface area contributed by atoms with Gasteiger partial charge in [-0.2, -0.15) is 0 Å². The maximum atomic E-state index is 12.9. The predicted octanol–water partition coefficient (Wildman–Crippen LogP) is 2.71. The normalized spacial score (nSPS) is 21.4. The molecular formula is C11H15ClFN. The second-order valence-corrected chi connectivity index (χ2v) is 3.60. The van der Waals surface area contributed by atoms with Crippen molar-refractivity contribution in [3.63, 3.8) is 0 Å². The second kappa shape index (κ2) is 5.32. The Morgan fingerprint density at radius 3 is 2.86 bits per heavy atom. The molecule has 1 aromatic rings. The van der Waals surface area contributed by atoms with Crippen molar-refractivity contribution >= 4 is 12.4 Å². The van der Waals surface area contributed by atoms with Gasteiger partial charge in [0, 0.05) is 6.54 Å². The first-order valence-electron chi connectivity index (χ1n) is 4.82. The fourth-order valence-corrected chi connectivity index (χ4v) is 1.90. The Bertz CT molecular complexity index is 284. The minimum Gasteiger partial charge on any atom is -0.316 e. The van der Waals surface area contributed by atoms with Gasteiger partial charge in [0.25, 0.3) is 0 Å². The molecule has 0 aliphatic carbocycles. The van der Waals surface area contributed by atoms with Gasteiger partial charge in [-0.15, -0.1) is 12.4 Å². The molecule has 1 atom stereocenters. The highest BCUT2D eigenvalue weighted by Gasteiger charge is 2.14. The Kier molecular flexibility index (Phi) is 4.36. The molecule has 14 heavy (non-hydrogen) atoms. The minimum atomic E-state index is -0.122. The number of benzene rings is 1.